The van der Waals surface area contributed by atoms with Crippen LogP contribution in [-0.4, -0.2) is 46.6 Å². The lowest BCUT2D eigenvalue weighted by molar-refractivity contribution is -0.116. The van der Waals surface area contributed by atoms with Gasteiger partial charge in [0.2, 0.25) is 5.95 Å². The van der Waals surface area contributed by atoms with Gasteiger partial charge in [0.25, 0.3) is 0 Å². The molecule has 8 heteroatoms. The van der Waals surface area contributed by atoms with E-state index in [4.69, 9.17) is 14.5 Å². The first kappa shape index (κ1) is 21.9. The fourth-order valence-electron chi connectivity index (χ4n) is 4.07. The number of carbonyl (C=O) groups excluding carboxylic acids is 1. The molecule has 1 saturated heterocycles. The van der Waals surface area contributed by atoms with Crippen molar-refractivity contribution in [1.29, 1.82) is 0 Å². The molecule has 1 aliphatic heterocycles. The molecule has 1 fully saturated rings. The zero-order valence-electron chi connectivity index (χ0n) is 19.3. The molecule has 0 radical (unpaired) electrons. The predicted octanol–water partition coefficient (Wildman–Crippen LogP) is 4.47. The molecule has 1 aliphatic rings. The zero-order valence-corrected chi connectivity index (χ0v) is 19.3. The van der Waals surface area contributed by atoms with Crippen molar-refractivity contribution in [2.24, 2.45) is 7.05 Å². The number of anilines is 3. The van der Waals surface area contributed by atoms with Crippen LogP contribution in [0.5, 0.6) is 11.5 Å². The number of fused-ring (bicyclic) bond motifs is 1. The number of hydrogen-bond acceptors (Lipinski definition) is 7. The Labute approximate surface area is 198 Å². The van der Waals surface area contributed by atoms with E-state index in [1.807, 2.05) is 29.8 Å². The first-order valence-electron chi connectivity index (χ1n) is 11.3. The second-order valence-electron chi connectivity index (χ2n) is 8.38. The summed E-state index contributed by atoms with van der Waals surface area (Å²) in [5.74, 6) is 2.13. The SMILES string of the molecule is CC(=O)Cc1cc(Oc2ccc3c(c2)nc(Nc2ccc(N4CCOCC4)cc2)n3C)ccn1. The predicted molar refractivity (Wildman–Crippen MR) is 132 cm³/mol. The molecular formula is C26H27N5O3. The molecule has 8 nitrogen and oxygen atoms in total. The maximum Gasteiger partial charge on any atom is 0.208 e. The Balaban J connectivity index is 1.32. The molecule has 174 valence electrons. The van der Waals surface area contributed by atoms with Crippen molar-refractivity contribution in [2.45, 2.75) is 13.3 Å². The Morgan fingerprint density at radius 3 is 2.59 bits per heavy atom. The van der Waals surface area contributed by atoms with Gasteiger partial charge in [-0.25, -0.2) is 4.98 Å². The summed E-state index contributed by atoms with van der Waals surface area (Å²) in [6.45, 7) is 4.92. The van der Waals surface area contributed by atoms with Crippen molar-refractivity contribution in [1.82, 2.24) is 14.5 Å². The smallest absolute Gasteiger partial charge is 0.208 e. The highest BCUT2D eigenvalue weighted by Gasteiger charge is 2.13. The molecule has 1 N–H and O–H groups in total. The highest BCUT2D eigenvalue weighted by molar-refractivity contribution is 5.81. The minimum absolute atomic E-state index is 0.0651. The zero-order chi connectivity index (χ0) is 23.5. The molecular weight excluding hydrogens is 430 g/mol. The first-order chi connectivity index (χ1) is 16.5. The lowest BCUT2D eigenvalue weighted by Crippen LogP contribution is -2.36. The van der Waals surface area contributed by atoms with Gasteiger partial charge in [0.05, 0.1) is 29.9 Å². The number of hydrogen-bond donors (Lipinski definition) is 1. The second kappa shape index (κ2) is 9.52. The highest BCUT2D eigenvalue weighted by Crippen LogP contribution is 2.29. The van der Waals surface area contributed by atoms with Gasteiger partial charge in [-0.3, -0.25) is 9.78 Å². The van der Waals surface area contributed by atoms with Crippen molar-refractivity contribution in [3.8, 4) is 11.5 Å². The van der Waals surface area contributed by atoms with Crippen molar-refractivity contribution in [2.75, 3.05) is 36.5 Å². The molecule has 0 bridgehead atoms. The van der Waals surface area contributed by atoms with Crippen LogP contribution >= 0.6 is 0 Å². The average molecular weight is 458 g/mol. The van der Waals surface area contributed by atoms with Gasteiger partial charge in [-0.05, 0) is 49.4 Å². The third kappa shape index (κ3) is 4.87. The number of benzene rings is 2. The van der Waals surface area contributed by atoms with E-state index in [2.05, 4.69) is 39.5 Å². The van der Waals surface area contributed by atoms with Crippen LogP contribution in [0.1, 0.15) is 12.6 Å². The molecule has 5 rings (SSSR count). The van der Waals surface area contributed by atoms with Crippen LogP contribution in [0.25, 0.3) is 11.0 Å². The lowest BCUT2D eigenvalue weighted by Gasteiger charge is -2.28. The second-order valence-corrected chi connectivity index (χ2v) is 8.38. The number of imidazole rings is 1. The highest BCUT2D eigenvalue weighted by atomic mass is 16.5. The molecule has 0 saturated carbocycles. The molecule has 0 aliphatic carbocycles. The molecule has 3 heterocycles. The van der Waals surface area contributed by atoms with Crippen molar-refractivity contribution in [3.05, 3.63) is 66.5 Å². The third-order valence-corrected chi connectivity index (χ3v) is 5.81. The molecule has 2 aromatic carbocycles. The summed E-state index contributed by atoms with van der Waals surface area (Å²) >= 11 is 0. The van der Waals surface area contributed by atoms with Crippen molar-refractivity contribution < 1.29 is 14.3 Å². The summed E-state index contributed by atoms with van der Waals surface area (Å²) in [5, 5.41) is 3.41. The number of morpholine rings is 1. The Morgan fingerprint density at radius 1 is 1.06 bits per heavy atom. The van der Waals surface area contributed by atoms with Crippen LogP contribution in [-0.2, 0) is 23.0 Å². The summed E-state index contributed by atoms with van der Waals surface area (Å²) in [6.07, 6.45) is 1.94. The number of ketones is 1. The van der Waals surface area contributed by atoms with E-state index >= 15 is 0 Å². The van der Waals surface area contributed by atoms with Gasteiger partial charge >= 0.3 is 0 Å². The Kier molecular flexibility index (Phi) is 6.14. The summed E-state index contributed by atoms with van der Waals surface area (Å²) in [5.41, 5.74) is 4.68. The van der Waals surface area contributed by atoms with Gasteiger partial charge in [0, 0.05) is 56.3 Å². The molecule has 2 aromatic heterocycles. The number of rotatable bonds is 7. The number of aryl methyl sites for hydroxylation is 1. The van der Waals surface area contributed by atoms with E-state index in [1.165, 1.54) is 5.69 Å². The van der Waals surface area contributed by atoms with Crippen LogP contribution in [0.2, 0.25) is 0 Å². The van der Waals surface area contributed by atoms with E-state index in [0.29, 0.717) is 23.6 Å². The first-order valence-corrected chi connectivity index (χ1v) is 11.3. The van der Waals surface area contributed by atoms with Crippen LogP contribution in [0.3, 0.4) is 0 Å². The summed E-state index contributed by atoms with van der Waals surface area (Å²) < 4.78 is 13.5. The van der Waals surface area contributed by atoms with Gasteiger partial charge in [0.1, 0.15) is 17.3 Å². The molecule has 0 unspecified atom stereocenters. The van der Waals surface area contributed by atoms with Crippen molar-refractivity contribution in [3.63, 3.8) is 0 Å². The van der Waals surface area contributed by atoms with Crippen LogP contribution in [0.4, 0.5) is 17.3 Å². The maximum atomic E-state index is 11.4. The number of nitrogens with zero attached hydrogens (tertiary/aromatic N) is 4. The van der Waals surface area contributed by atoms with Gasteiger partial charge < -0.3 is 24.3 Å². The van der Waals surface area contributed by atoms with E-state index < -0.39 is 0 Å². The molecule has 0 spiro atoms. The number of carbonyl (C=O) groups is 1. The quantitative estimate of drug-likeness (QED) is 0.438. The molecule has 4 aromatic rings. The summed E-state index contributed by atoms with van der Waals surface area (Å²) in [4.78, 5) is 22.7. The van der Waals surface area contributed by atoms with E-state index in [9.17, 15) is 4.79 Å². The van der Waals surface area contributed by atoms with E-state index in [1.54, 1.807) is 25.3 Å². The number of pyridine rings is 1. The standard InChI is InChI=1S/C26H27N5O3/c1-18(32)15-20-16-23(9-10-27-20)34-22-7-8-25-24(17-22)29-26(30(25)2)28-19-3-5-21(6-4-19)31-11-13-33-14-12-31/h3-10,16-17H,11-15H2,1-2H3,(H,28,29). The summed E-state index contributed by atoms with van der Waals surface area (Å²) in [6, 6.07) is 17.8. The fraction of sp³-hybridized carbons (Fsp3) is 0.269. The Morgan fingerprint density at radius 2 is 1.82 bits per heavy atom. The molecule has 34 heavy (non-hydrogen) atoms. The number of Topliss-reactive ketones (excluding diaryl/α,β-unsaturated/α-hetero) is 1. The maximum absolute atomic E-state index is 11.4. The number of nitrogens with one attached hydrogen (secondary N) is 1. The van der Waals surface area contributed by atoms with Crippen molar-refractivity contribution >= 4 is 34.1 Å². The van der Waals surface area contributed by atoms with E-state index in [0.717, 1.165) is 49.0 Å². The van der Waals surface area contributed by atoms with Gasteiger partial charge in [-0.15, -0.1) is 0 Å². The summed E-state index contributed by atoms with van der Waals surface area (Å²) in [7, 11) is 1.98. The monoisotopic (exact) mass is 457 g/mol. The molecule has 0 amide bonds. The van der Waals surface area contributed by atoms with Gasteiger partial charge in [0.15, 0.2) is 0 Å². The van der Waals surface area contributed by atoms with Gasteiger partial charge in [-0.2, -0.15) is 0 Å². The topological polar surface area (TPSA) is 81.5 Å². The van der Waals surface area contributed by atoms with Crippen LogP contribution < -0.4 is 15.0 Å². The van der Waals surface area contributed by atoms with Crippen LogP contribution in [0, 0.1) is 0 Å². The minimum atomic E-state index is 0.0651. The Hall–Kier alpha value is -3.91. The van der Waals surface area contributed by atoms with Gasteiger partial charge in [-0.1, -0.05) is 0 Å². The largest absolute Gasteiger partial charge is 0.457 e. The van der Waals surface area contributed by atoms with E-state index in [-0.39, 0.29) is 5.78 Å². The van der Waals surface area contributed by atoms with Crippen LogP contribution in [0.15, 0.2) is 60.8 Å². The normalized spacial score (nSPS) is 13.8. The number of ether oxygens (including phenoxy) is 2. The Bertz CT molecular complexity index is 1310. The lowest BCUT2D eigenvalue weighted by atomic mass is 10.2. The number of aromatic nitrogens is 3. The third-order valence-electron chi connectivity index (χ3n) is 5.81. The molecule has 0 atom stereocenters. The minimum Gasteiger partial charge on any atom is -0.457 e. The fourth-order valence-corrected chi connectivity index (χ4v) is 4.07. The average Bonchev–Trinajstić information content (AvgIpc) is 3.14.